The quantitative estimate of drug-likeness (QED) is 0.452. The number of amides is 1. The van der Waals surface area contributed by atoms with E-state index in [4.69, 9.17) is 4.42 Å². The molecule has 1 amide bonds. The first-order valence-electron chi connectivity index (χ1n) is 10.3. The van der Waals surface area contributed by atoms with Crippen molar-refractivity contribution in [2.45, 2.75) is 31.7 Å². The zero-order chi connectivity index (χ0) is 21.2. The van der Waals surface area contributed by atoms with Gasteiger partial charge in [0.05, 0.1) is 12.0 Å². The van der Waals surface area contributed by atoms with Crippen molar-refractivity contribution in [3.63, 3.8) is 0 Å². The van der Waals surface area contributed by atoms with Gasteiger partial charge in [-0.1, -0.05) is 25.0 Å². The molecule has 0 spiro atoms. The average Bonchev–Trinajstić information content (AvgIpc) is 3.55. The van der Waals surface area contributed by atoms with Crippen LogP contribution >= 0.6 is 0 Å². The number of nitrogens with zero attached hydrogens (tertiary/aromatic N) is 3. The predicted molar refractivity (Wildman–Crippen MR) is 115 cm³/mol. The number of pyridine rings is 1. The van der Waals surface area contributed by atoms with Gasteiger partial charge < -0.3 is 14.3 Å². The van der Waals surface area contributed by atoms with Crippen molar-refractivity contribution in [2.24, 2.45) is 0 Å². The lowest BCUT2D eigenvalue weighted by Gasteiger charge is -2.15. The number of carbonyl (C=O) groups is 1. The molecular weight excluding hydrogens is 395 g/mol. The van der Waals surface area contributed by atoms with Crippen LogP contribution in [0.1, 0.15) is 42.3 Å². The fourth-order valence-electron chi connectivity index (χ4n) is 4.11. The number of carbonyl (C=O) groups excluding carboxylic acids is 1. The van der Waals surface area contributed by atoms with Crippen LogP contribution in [-0.2, 0) is 0 Å². The van der Waals surface area contributed by atoms with Crippen molar-refractivity contribution in [3.8, 4) is 22.7 Å². The summed E-state index contributed by atoms with van der Waals surface area (Å²) in [6, 6.07) is 13.6. The topological polar surface area (TPSA) is 73.0 Å². The van der Waals surface area contributed by atoms with Crippen LogP contribution in [-0.4, -0.2) is 20.4 Å². The third-order valence-corrected chi connectivity index (χ3v) is 5.63. The van der Waals surface area contributed by atoms with E-state index in [-0.39, 0.29) is 11.4 Å². The molecule has 1 N–H and O–H groups in total. The summed E-state index contributed by atoms with van der Waals surface area (Å²) in [4.78, 5) is 21.5. The van der Waals surface area contributed by atoms with Gasteiger partial charge in [0.15, 0.2) is 11.5 Å². The van der Waals surface area contributed by atoms with Crippen LogP contribution in [0.15, 0.2) is 71.7 Å². The third kappa shape index (κ3) is 3.74. The molecule has 1 aromatic carbocycles. The van der Waals surface area contributed by atoms with E-state index in [0.29, 0.717) is 11.8 Å². The highest BCUT2D eigenvalue weighted by Gasteiger charge is 2.26. The second-order valence-corrected chi connectivity index (χ2v) is 7.63. The van der Waals surface area contributed by atoms with Gasteiger partial charge in [-0.15, -0.1) is 0 Å². The molecule has 31 heavy (non-hydrogen) atoms. The van der Waals surface area contributed by atoms with E-state index in [1.54, 1.807) is 36.7 Å². The minimum Gasteiger partial charge on any atom is -0.449 e. The van der Waals surface area contributed by atoms with Crippen molar-refractivity contribution < 1.29 is 13.6 Å². The summed E-state index contributed by atoms with van der Waals surface area (Å²) in [5.74, 6) is -0.358. The molecule has 0 bridgehead atoms. The van der Waals surface area contributed by atoms with Crippen molar-refractivity contribution in [3.05, 3.63) is 78.8 Å². The number of aromatic nitrogens is 3. The molecular formula is C24H21FN4O2. The van der Waals surface area contributed by atoms with Gasteiger partial charge in [0.2, 0.25) is 0 Å². The Morgan fingerprint density at radius 2 is 1.94 bits per heavy atom. The van der Waals surface area contributed by atoms with Gasteiger partial charge in [-0.05, 0) is 49.2 Å². The molecule has 0 saturated heterocycles. The first-order valence-corrected chi connectivity index (χ1v) is 10.3. The Morgan fingerprint density at radius 1 is 1.10 bits per heavy atom. The highest BCUT2D eigenvalue weighted by Crippen LogP contribution is 2.38. The largest absolute Gasteiger partial charge is 0.449 e. The zero-order valence-corrected chi connectivity index (χ0v) is 16.8. The fourth-order valence-corrected chi connectivity index (χ4v) is 4.11. The van der Waals surface area contributed by atoms with Crippen LogP contribution < -0.4 is 5.32 Å². The van der Waals surface area contributed by atoms with Gasteiger partial charge in [0.25, 0.3) is 5.91 Å². The van der Waals surface area contributed by atoms with Crippen LogP contribution in [0.2, 0.25) is 0 Å². The Bertz CT molecular complexity index is 1210. The number of imidazole rings is 1. The molecule has 5 rings (SSSR count). The monoisotopic (exact) mass is 416 g/mol. The SMILES string of the molecule is O=C(Nc1ccccc1F)c1ccc(-c2c(-c3cccnc3)ncn2C2CCCC2)o1. The normalized spacial score (nSPS) is 14.1. The van der Waals surface area contributed by atoms with Crippen LogP contribution in [0.25, 0.3) is 22.7 Å². The van der Waals surface area contributed by atoms with Crippen LogP contribution in [0.3, 0.4) is 0 Å². The van der Waals surface area contributed by atoms with Gasteiger partial charge in [0.1, 0.15) is 17.2 Å². The molecule has 1 saturated carbocycles. The number of benzene rings is 1. The molecule has 156 valence electrons. The molecule has 4 aromatic rings. The van der Waals surface area contributed by atoms with Crippen molar-refractivity contribution in [2.75, 3.05) is 5.32 Å². The first-order chi connectivity index (χ1) is 15.2. The molecule has 3 aromatic heterocycles. The minimum absolute atomic E-state index is 0.106. The Hall–Kier alpha value is -3.74. The predicted octanol–water partition coefficient (Wildman–Crippen LogP) is 5.71. The number of rotatable bonds is 5. The smallest absolute Gasteiger partial charge is 0.291 e. The van der Waals surface area contributed by atoms with Gasteiger partial charge in [0, 0.05) is 24.0 Å². The summed E-state index contributed by atoms with van der Waals surface area (Å²) in [5.41, 5.74) is 2.57. The number of nitrogens with one attached hydrogen (secondary N) is 1. The maximum Gasteiger partial charge on any atom is 0.291 e. The van der Waals surface area contributed by atoms with Gasteiger partial charge in [-0.3, -0.25) is 9.78 Å². The van der Waals surface area contributed by atoms with E-state index >= 15 is 0 Å². The van der Waals surface area contributed by atoms with Gasteiger partial charge >= 0.3 is 0 Å². The number of hydrogen-bond donors (Lipinski definition) is 1. The highest BCUT2D eigenvalue weighted by molar-refractivity contribution is 6.02. The third-order valence-electron chi connectivity index (χ3n) is 5.63. The molecule has 1 aliphatic rings. The molecule has 6 nitrogen and oxygen atoms in total. The second-order valence-electron chi connectivity index (χ2n) is 7.63. The maximum absolute atomic E-state index is 13.9. The summed E-state index contributed by atoms with van der Waals surface area (Å²) >= 11 is 0. The van der Waals surface area contributed by atoms with E-state index in [0.717, 1.165) is 29.8 Å². The Balaban J connectivity index is 1.51. The number of furan rings is 1. The summed E-state index contributed by atoms with van der Waals surface area (Å²) in [5, 5.41) is 2.56. The molecule has 0 radical (unpaired) electrons. The summed E-state index contributed by atoms with van der Waals surface area (Å²) < 4.78 is 22.0. The average molecular weight is 416 g/mol. The van der Waals surface area contributed by atoms with Crippen molar-refractivity contribution >= 4 is 11.6 Å². The van der Waals surface area contributed by atoms with E-state index in [1.807, 2.05) is 18.5 Å². The lowest BCUT2D eigenvalue weighted by Crippen LogP contribution is -2.12. The lowest BCUT2D eigenvalue weighted by molar-refractivity contribution is 0.0997. The summed E-state index contributed by atoms with van der Waals surface area (Å²) in [6.07, 6.45) is 9.84. The van der Waals surface area contributed by atoms with E-state index in [1.165, 1.54) is 25.0 Å². The number of halogens is 1. The van der Waals surface area contributed by atoms with Gasteiger partial charge in [-0.2, -0.15) is 0 Å². The molecule has 1 fully saturated rings. The Morgan fingerprint density at radius 3 is 2.71 bits per heavy atom. The molecule has 0 aliphatic heterocycles. The Kier molecular flexibility index (Phi) is 5.08. The number of hydrogen-bond acceptors (Lipinski definition) is 4. The standard InChI is InChI=1S/C24H21FN4O2/c25-18-9-3-4-10-19(18)28-24(30)21-12-11-20(31-21)23-22(16-6-5-13-26-14-16)27-15-29(23)17-7-1-2-8-17/h3-6,9-15,17H,1-2,7-8H2,(H,28,30). The summed E-state index contributed by atoms with van der Waals surface area (Å²) in [6.45, 7) is 0. The van der Waals surface area contributed by atoms with Crippen molar-refractivity contribution in [1.29, 1.82) is 0 Å². The fraction of sp³-hybridized carbons (Fsp3) is 0.208. The molecule has 3 heterocycles. The van der Waals surface area contributed by atoms with Crippen LogP contribution in [0, 0.1) is 5.82 Å². The second kappa shape index (κ2) is 8.18. The molecule has 1 aliphatic carbocycles. The Labute approximate surface area is 178 Å². The van der Waals surface area contributed by atoms with E-state index in [9.17, 15) is 9.18 Å². The van der Waals surface area contributed by atoms with E-state index < -0.39 is 11.7 Å². The number of para-hydroxylation sites is 1. The molecule has 0 unspecified atom stereocenters. The van der Waals surface area contributed by atoms with E-state index in [2.05, 4.69) is 19.9 Å². The molecule has 0 atom stereocenters. The lowest BCUT2D eigenvalue weighted by atomic mass is 10.1. The first kappa shape index (κ1) is 19.2. The summed E-state index contributed by atoms with van der Waals surface area (Å²) in [7, 11) is 0. The highest BCUT2D eigenvalue weighted by atomic mass is 19.1. The van der Waals surface area contributed by atoms with Crippen LogP contribution in [0.5, 0.6) is 0 Å². The minimum atomic E-state index is -0.508. The van der Waals surface area contributed by atoms with Gasteiger partial charge in [-0.25, -0.2) is 9.37 Å². The molecule has 7 heteroatoms. The van der Waals surface area contributed by atoms with Crippen LogP contribution in [0.4, 0.5) is 10.1 Å². The zero-order valence-electron chi connectivity index (χ0n) is 16.8. The maximum atomic E-state index is 13.9. The van der Waals surface area contributed by atoms with Crippen molar-refractivity contribution in [1.82, 2.24) is 14.5 Å². The number of anilines is 1.